The number of pyridine rings is 1. The number of piperazine rings is 1. The van der Waals surface area contributed by atoms with Crippen LogP contribution in [0.25, 0.3) is 5.69 Å². The summed E-state index contributed by atoms with van der Waals surface area (Å²) < 4.78 is 85.3. The molecule has 0 spiro atoms. The van der Waals surface area contributed by atoms with Crippen molar-refractivity contribution in [3.05, 3.63) is 89.8 Å². The average Bonchev–Trinajstić information content (AvgIpc) is 3.50. The lowest BCUT2D eigenvalue weighted by atomic mass is 9.91. The molecule has 5 N–H and O–H groups in total. The number of benzene rings is 2. The number of primary amides is 1. The minimum Gasteiger partial charge on any atom is -0.399 e. The summed E-state index contributed by atoms with van der Waals surface area (Å²) in [6, 6.07) is 14.0. The summed E-state index contributed by atoms with van der Waals surface area (Å²) in [4.78, 5) is 33.6. The number of rotatable bonds is 8. The topological polar surface area (TPSA) is 139 Å². The van der Waals surface area contributed by atoms with Gasteiger partial charge in [-0.3, -0.25) is 14.5 Å². The number of aromatic nitrogens is 3. The van der Waals surface area contributed by atoms with Gasteiger partial charge < -0.3 is 26.6 Å². The third kappa shape index (κ3) is 7.46. The number of nitrogen functional groups attached to an aromatic ring is 1. The summed E-state index contributed by atoms with van der Waals surface area (Å²) in [5.41, 5.74) is 10.6. The van der Waals surface area contributed by atoms with E-state index in [1.165, 1.54) is 27.9 Å². The zero-order chi connectivity index (χ0) is 35.8. The van der Waals surface area contributed by atoms with Crippen LogP contribution in [0.3, 0.4) is 0 Å². The maximum Gasteiger partial charge on any atom is 0.433 e. The van der Waals surface area contributed by atoms with Gasteiger partial charge in [0.1, 0.15) is 17.2 Å². The number of nitrogens with zero attached hydrogens (tertiary/aromatic N) is 6. The summed E-state index contributed by atoms with van der Waals surface area (Å²) in [6.07, 6.45) is -3.22. The highest BCUT2D eigenvalue weighted by Crippen LogP contribution is 2.37. The van der Waals surface area contributed by atoms with E-state index in [0.717, 1.165) is 30.0 Å². The number of nitrogens with one attached hydrogen (secondary N) is 1. The molecule has 1 unspecified atom stereocenters. The molecule has 0 bridgehead atoms. The number of halogens is 6. The molecule has 2 saturated heterocycles. The highest BCUT2D eigenvalue weighted by atomic mass is 19.4. The van der Waals surface area contributed by atoms with E-state index in [1.807, 2.05) is 17.0 Å². The van der Waals surface area contributed by atoms with E-state index < -0.39 is 53.6 Å². The van der Waals surface area contributed by atoms with Crippen molar-refractivity contribution in [2.75, 3.05) is 66.7 Å². The van der Waals surface area contributed by atoms with Crippen LogP contribution >= 0.6 is 0 Å². The summed E-state index contributed by atoms with van der Waals surface area (Å²) in [6.45, 7) is 2.28. The SMILES string of the molecule is NC(=O)c1nn(-c2ccc(N3CCN(CC4CCN(c5ccc(N)cc5F)CC4(F)F)CC3)cc2)cc1NC(=O)c1cccc(C(F)(F)F)n1. The predicted molar refractivity (Wildman–Crippen MR) is 174 cm³/mol. The molecule has 2 aromatic carbocycles. The number of hydrogen-bond acceptors (Lipinski definition) is 8. The second kappa shape index (κ2) is 13.5. The first kappa shape index (κ1) is 34.5. The molecule has 17 heteroatoms. The van der Waals surface area contributed by atoms with E-state index in [9.17, 15) is 27.2 Å². The van der Waals surface area contributed by atoms with Gasteiger partial charge in [0.15, 0.2) is 5.69 Å². The lowest BCUT2D eigenvalue weighted by Gasteiger charge is -2.43. The molecule has 4 heterocycles. The number of alkyl halides is 5. The fourth-order valence-electron chi connectivity index (χ4n) is 6.20. The first-order valence-corrected chi connectivity index (χ1v) is 15.7. The average molecular weight is 702 g/mol. The van der Waals surface area contributed by atoms with Gasteiger partial charge in [-0.05, 0) is 61.0 Å². The number of piperidine rings is 1. The Bertz CT molecular complexity index is 1870. The standard InChI is InChI=1S/C33H33F6N9O2/c34-24-16-21(40)4-9-27(24)47-11-10-20(32(35,36)19-47)17-45-12-14-46(15-13-45)22-5-7-23(8-6-22)48-18-26(29(44-48)30(41)49)43-31(50)25-2-1-3-28(42-25)33(37,38)39/h1-9,16,18,20H,10-15,17,19,40H2,(H2,41,49)(H,43,50). The van der Waals surface area contributed by atoms with Crippen molar-refractivity contribution in [3.63, 3.8) is 0 Å². The van der Waals surface area contributed by atoms with Gasteiger partial charge in [-0.15, -0.1) is 0 Å². The smallest absolute Gasteiger partial charge is 0.399 e. The monoisotopic (exact) mass is 701 g/mol. The van der Waals surface area contributed by atoms with Crippen molar-refractivity contribution in [1.82, 2.24) is 19.7 Å². The quantitative estimate of drug-likeness (QED) is 0.179. The maximum atomic E-state index is 15.2. The van der Waals surface area contributed by atoms with E-state index in [1.54, 1.807) is 12.1 Å². The molecule has 0 radical (unpaired) electrons. The molecule has 0 saturated carbocycles. The normalized spacial score (nSPS) is 18.2. The zero-order valence-electron chi connectivity index (χ0n) is 26.5. The van der Waals surface area contributed by atoms with E-state index >= 15 is 8.78 Å². The van der Waals surface area contributed by atoms with Crippen LogP contribution in [0.4, 0.5) is 49.1 Å². The van der Waals surface area contributed by atoms with Gasteiger partial charge in [-0.2, -0.15) is 18.3 Å². The number of anilines is 4. The molecule has 2 aromatic heterocycles. The highest BCUT2D eigenvalue weighted by Gasteiger charge is 2.45. The van der Waals surface area contributed by atoms with Crippen molar-refractivity contribution in [2.24, 2.45) is 11.7 Å². The zero-order valence-corrected chi connectivity index (χ0v) is 26.5. The molecule has 264 valence electrons. The summed E-state index contributed by atoms with van der Waals surface area (Å²) in [5.74, 6) is -6.44. The second-order valence-corrected chi connectivity index (χ2v) is 12.2. The van der Waals surface area contributed by atoms with Gasteiger partial charge in [0.25, 0.3) is 17.7 Å². The highest BCUT2D eigenvalue weighted by molar-refractivity contribution is 6.07. The fourth-order valence-corrected chi connectivity index (χ4v) is 6.20. The summed E-state index contributed by atoms with van der Waals surface area (Å²) >= 11 is 0. The molecule has 4 aromatic rings. The van der Waals surface area contributed by atoms with Gasteiger partial charge in [0.05, 0.1) is 29.8 Å². The first-order chi connectivity index (χ1) is 23.7. The van der Waals surface area contributed by atoms with Crippen molar-refractivity contribution >= 4 is 34.6 Å². The summed E-state index contributed by atoms with van der Waals surface area (Å²) in [5, 5.41) is 6.51. The van der Waals surface area contributed by atoms with Crippen LogP contribution in [0.15, 0.2) is 66.9 Å². The Hall–Kier alpha value is -5.32. The Balaban J connectivity index is 1.05. The van der Waals surface area contributed by atoms with E-state index in [2.05, 4.69) is 20.3 Å². The fraction of sp³-hybridized carbons (Fsp3) is 0.333. The molecule has 2 aliphatic heterocycles. The Labute approximate surface area is 282 Å². The molecule has 11 nitrogen and oxygen atoms in total. The second-order valence-electron chi connectivity index (χ2n) is 12.2. The largest absolute Gasteiger partial charge is 0.433 e. The van der Waals surface area contributed by atoms with E-state index in [4.69, 9.17) is 11.5 Å². The van der Waals surface area contributed by atoms with Gasteiger partial charge >= 0.3 is 6.18 Å². The lowest BCUT2D eigenvalue weighted by molar-refractivity contribution is -0.141. The molecule has 50 heavy (non-hydrogen) atoms. The molecular weight excluding hydrogens is 668 g/mol. The van der Waals surface area contributed by atoms with E-state index in [0.29, 0.717) is 38.4 Å². The molecule has 6 rings (SSSR count). The van der Waals surface area contributed by atoms with Crippen LogP contribution in [-0.4, -0.2) is 83.2 Å². The Kier molecular flexibility index (Phi) is 9.35. The molecular formula is C33H33F6N9O2. The van der Waals surface area contributed by atoms with Crippen LogP contribution < -0.4 is 26.6 Å². The minimum atomic E-state index is -4.75. The number of carbonyl (C=O) groups is 2. The van der Waals surface area contributed by atoms with E-state index in [-0.39, 0.29) is 35.7 Å². The minimum absolute atomic E-state index is 0.115. The molecule has 2 aliphatic rings. The van der Waals surface area contributed by atoms with Crippen molar-refractivity contribution in [2.45, 2.75) is 18.5 Å². The van der Waals surface area contributed by atoms with Gasteiger partial charge in [0, 0.05) is 56.6 Å². The first-order valence-electron chi connectivity index (χ1n) is 15.7. The predicted octanol–water partition coefficient (Wildman–Crippen LogP) is 4.64. The Morgan fingerprint density at radius 3 is 2.28 bits per heavy atom. The van der Waals surface area contributed by atoms with Crippen LogP contribution in [0.2, 0.25) is 0 Å². The van der Waals surface area contributed by atoms with Crippen molar-refractivity contribution in [3.8, 4) is 5.69 Å². The number of carbonyl (C=O) groups excluding carboxylic acids is 2. The van der Waals surface area contributed by atoms with Crippen LogP contribution in [0.1, 0.15) is 33.1 Å². The lowest BCUT2D eigenvalue weighted by Crippen LogP contribution is -2.55. The van der Waals surface area contributed by atoms with Crippen molar-refractivity contribution < 1.29 is 35.9 Å². The number of amides is 2. The van der Waals surface area contributed by atoms with Crippen LogP contribution in [-0.2, 0) is 6.18 Å². The number of hydrogen-bond donors (Lipinski definition) is 3. The molecule has 2 fully saturated rings. The third-order valence-corrected chi connectivity index (χ3v) is 8.86. The summed E-state index contributed by atoms with van der Waals surface area (Å²) in [7, 11) is 0. The Morgan fingerprint density at radius 2 is 1.64 bits per heavy atom. The maximum absolute atomic E-state index is 15.2. The van der Waals surface area contributed by atoms with Crippen LogP contribution in [0, 0.1) is 11.7 Å². The van der Waals surface area contributed by atoms with Gasteiger partial charge in [-0.25, -0.2) is 22.8 Å². The molecule has 0 aliphatic carbocycles. The molecule has 2 amide bonds. The third-order valence-electron chi connectivity index (χ3n) is 8.86. The van der Waals surface area contributed by atoms with Crippen LogP contribution in [0.5, 0.6) is 0 Å². The molecule has 1 atom stereocenters. The van der Waals surface area contributed by atoms with Gasteiger partial charge in [0.2, 0.25) is 0 Å². The number of nitrogens with two attached hydrogens (primary N) is 2. The van der Waals surface area contributed by atoms with Gasteiger partial charge in [-0.1, -0.05) is 6.07 Å². The van der Waals surface area contributed by atoms with Crippen molar-refractivity contribution in [1.29, 1.82) is 0 Å². The Morgan fingerprint density at radius 1 is 0.940 bits per heavy atom.